The Bertz CT molecular complexity index is 240. The number of hydrogen-bond acceptors (Lipinski definition) is 4. The second-order valence-electron chi connectivity index (χ2n) is 6.20. The van der Waals surface area contributed by atoms with E-state index in [-0.39, 0.29) is 0 Å². The van der Waals surface area contributed by atoms with Crippen LogP contribution in [0.3, 0.4) is 0 Å². The van der Waals surface area contributed by atoms with E-state index in [0.29, 0.717) is 12.6 Å². The number of hydrogen-bond donors (Lipinski definition) is 1. The molecule has 1 N–H and O–H groups in total. The number of likely N-dealkylation sites (N-methyl/N-ethyl adjacent to an activating group) is 1. The van der Waals surface area contributed by atoms with Gasteiger partial charge in [0.15, 0.2) is 0 Å². The topological polar surface area (TPSA) is 30.0 Å². The highest BCUT2D eigenvalue weighted by atomic mass is 16.3. The highest BCUT2D eigenvalue weighted by Crippen LogP contribution is 2.19. The van der Waals surface area contributed by atoms with E-state index in [0.717, 1.165) is 6.42 Å². The molecule has 4 heteroatoms. The van der Waals surface area contributed by atoms with Crippen LogP contribution in [0.1, 0.15) is 32.1 Å². The number of piperidine rings is 1. The van der Waals surface area contributed by atoms with E-state index in [2.05, 4.69) is 21.7 Å². The maximum absolute atomic E-state index is 9.15. The highest BCUT2D eigenvalue weighted by Gasteiger charge is 2.21. The molecule has 2 aliphatic rings. The Labute approximate surface area is 118 Å². The monoisotopic (exact) mass is 269 g/mol. The predicted octanol–water partition coefficient (Wildman–Crippen LogP) is 0.861. The minimum absolute atomic E-state index is 0.347. The van der Waals surface area contributed by atoms with Crippen molar-refractivity contribution >= 4 is 0 Å². The molecule has 0 saturated carbocycles. The lowest BCUT2D eigenvalue weighted by Crippen LogP contribution is -2.46. The first-order chi connectivity index (χ1) is 9.29. The van der Waals surface area contributed by atoms with Crippen LogP contribution in [-0.2, 0) is 0 Å². The summed E-state index contributed by atoms with van der Waals surface area (Å²) in [6.07, 6.45) is 6.23. The van der Waals surface area contributed by atoms with Gasteiger partial charge in [0, 0.05) is 38.8 Å². The van der Waals surface area contributed by atoms with Gasteiger partial charge in [0.2, 0.25) is 0 Å². The predicted molar refractivity (Wildman–Crippen MR) is 79.5 cm³/mol. The molecule has 0 aromatic rings. The summed E-state index contributed by atoms with van der Waals surface area (Å²) in [7, 11) is 2.21. The van der Waals surface area contributed by atoms with E-state index in [9.17, 15) is 0 Å². The van der Waals surface area contributed by atoms with Crippen molar-refractivity contribution in [2.75, 3.05) is 59.5 Å². The second-order valence-corrected chi connectivity index (χ2v) is 6.20. The summed E-state index contributed by atoms with van der Waals surface area (Å²) in [5, 5.41) is 9.15. The molecule has 2 aliphatic heterocycles. The zero-order valence-corrected chi connectivity index (χ0v) is 12.6. The van der Waals surface area contributed by atoms with Gasteiger partial charge in [0.1, 0.15) is 0 Å². The summed E-state index contributed by atoms with van der Waals surface area (Å²) in [6.45, 7) is 8.96. The molecule has 1 unspecified atom stereocenters. The summed E-state index contributed by atoms with van der Waals surface area (Å²) in [5.74, 6) is 0. The molecule has 4 nitrogen and oxygen atoms in total. The molecule has 0 aromatic carbocycles. The van der Waals surface area contributed by atoms with Gasteiger partial charge < -0.3 is 19.8 Å². The number of aliphatic hydroxyl groups is 1. The first-order valence-electron chi connectivity index (χ1n) is 8.05. The van der Waals surface area contributed by atoms with Gasteiger partial charge in [-0.15, -0.1) is 0 Å². The summed E-state index contributed by atoms with van der Waals surface area (Å²) >= 11 is 0. The maximum Gasteiger partial charge on any atom is 0.0445 e. The Morgan fingerprint density at radius 3 is 2.53 bits per heavy atom. The van der Waals surface area contributed by atoms with Crippen molar-refractivity contribution < 1.29 is 5.11 Å². The lowest BCUT2D eigenvalue weighted by molar-refractivity contribution is 0.105. The Hall–Kier alpha value is -0.160. The molecule has 0 amide bonds. The molecule has 2 heterocycles. The zero-order chi connectivity index (χ0) is 13.5. The number of aliphatic hydroxyl groups excluding tert-OH is 1. The third-order valence-corrected chi connectivity index (χ3v) is 4.73. The van der Waals surface area contributed by atoms with Crippen molar-refractivity contribution in [3.05, 3.63) is 0 Å². The maximum atomic E-state index is 9.15. The van der Waals surface area contributed by atoms with Crippen LogP contribution in [0.2, 0.25) is 0 Å². The van der Waals surface area contributed by atoms with Crippen LogP contribution >= 0.6 is 0 Å². The Balaban J connectivity index is 1.63. The molecule has 112 valence electrons. The molecule has 0 radical (unpaired) electrons. The normalized spacial score (nSPS) is 27.8. The Morgan fingerprint density at radius 2 is 1.79 bits per heavy atom. The fraction of sp³-hybridized carbons (Fsp3) is 1.00. The van der Waals surface area contributed by atoms with Crippen molar-refractivity contribution in [1.82, 2.24) is 14.7 Å². The van der Waals surface area contributed by atoms with Gasteiger partial charge in [-0.1, -0.05) is 6.42 Å². The third kappa shape index (κ3) is 5.03. The van der Waals surface area contributed by atoms with Crippen LogP contribution in [0.5, 0.6) is 0 Å². The van der Waals surface area contributed by atoms with Gasteiger partial charge in [0.25, 0.3) is 0 Å². The third-order valence-electron chi connectivity index (χ3n) is 4.73. The van der Waals surface area contributed by atoms with Gasteiger partial charge in [-0.25, -0.2) is 0 Å². The van der Waals surface area contributed by atoms with Crippen LogP contribution in [0.25, 0.3) is 0 Å². The average molecular weight is 269 g/mol. The first-order valence-corrected chi connectivity index (χ1v) is 8.05. The minimum atomic E-state index is 0.347. The molecule has 0 aromatic heterocycles. The van der Waals surface area contributed by atoms with Crippen molar-refractivity contribution in [1.29, 1.82) is 0 Å². The summed E-state index contributed by atoms with van der Waals surface area (Å²) in [5.41, 5.74) is 0. The van der Waals surface area contributed by atoms with E-state index >= 15 is 0 Å². The second kappa shape index (κ2) is 8.20. The molecule has 0 bridgehead atoms. The quantitative estimate of drug-likeness (QED) is 0.775. The van der Waals surface area contributed by atoms with E-state index < -0.39 is 0 Å². The van der Waals surface area contributed by atoms with Crippen LogP contribution in [0, 0.1) is 0 Å². The van der Waals surface area contributed by atoms with Gasteiger partial charge in [-0.3, -0.25) is 0 Å². The number of nitrogens with zero attached hydrogens (tertiary/aromatic N) is 3. The highest BCUT2D eigenvalue weighted by molar-refractivity contribution is 4.77. The lowest BCUT2D eigenvalue weighted by atomic mass is 9.99. The van der Waals surface area contributed by atoms with E-state index in [1.807, 2.05) is 0 Å². The molecular formula is C15H31N3O. The molecule has 2 rings (SSSR count). The standard InChI is InChI=1S/C15H31N3O/c1-16-10-12-17(13-11-16)7-4-9-18-8-3-2-5-15(18)6-14-19/h15,19H,2-14H2,1H3. The molecule has 0 aliphatic carbocycles. The molecular weight excluding hydrogens is 238 g/mol. The Morgan fingerprint density at radius 1 is 1.00 bits per heavy atom. The van der Waals surface area contributed by atoms with Gasteiger partial charge in [-0.05, 0) is 52.4 Å². The van der Waals surface area contributed by atoms with Crippen LogP contribution in [0.15, 0.2) is 0 Å². The van der Waals surface area contributed by atoms with Crippen LogP contribution < -0.4 is 0 Å². The largest absolute Gasteiger partial charge is 0.396 e. The molecule has 0 spiro atoms. The smallest absolute Gasteiger partial charge is 0.0445 e. The fourth-order valence-electron chi connectivity index (χ4n) is 3.40. The van der Waals surface area contributed by atoms with Gasteiger partial charge in [0.05, 0.1) is 0 Å². The lowest BCUT2D eigenvalue weighted by Gasteiger charge is -2.37. The number of piperazine rings is 1. The SMILES string of the molecule is CN1CCN(CCCN2CCCCC2CCO)CC1. The van der Waals surface area contributed by atoms with Crippen LogP contribution in [0.4, 0.5) is 0 Å². The van der Waals surface area contributed by atoms with Crippen molar-refractivity contribution in [3.8, 4) is 0 Å². The van der Waals surface area contributed by atoms with E-state index in [1.54, 1.807) is 0 Å². The first kappa shape index (κ1) is 15.2. The van der Waals surface area contributed by atoms with Gasteiger partial charge in [-0.2, -0.15) is 0 Å². The summed E-state index contributed by atoms with van der Waals surface area (Å²) in [4.78, 5) is 7.64. The molecule has 19 heavy (non-hydrogen) atoms. The Kier molecular flexibility index (Phi) is 6.57. The fourth-order valence-corrected chi connectivity index (χ4v) is 3.40. The van der Waals surface area contributed by atoms with Crippen molar-refractivity contribution in [2.45, 2.75) is 38.1 Å². The van der Waals surface area contributed by atoms with E-state index in [1.165, 1.54) is 71.5 Å². The van der Waals surface area contributed by atoms with E-state index in [4.69, 9.17) is 5.11 Å². The molecule has 2 saturated heterocycles. The molecule has 2 fully saturated rings. The number of rotatable bonds is 6. The van der Waals surface area contributed by atoms with Crippen LogP contribution in [-0.4, -0.2) is 85.3 Å². The van der Waals surface area contributed by atoms with Crippen molar-refractivity contribution in [2.24, 2.45) is 0 Å². The summed E-state index contributed by atoms with van der Waals surface area (Å²) < 4.78 is 0. The van der Waals surface area contributed by atoms with Crippen molar-refractivity contribution in [3.63, 3.8) is 0 Å². The average Bonchev–Trinajstić information content (AvgIpc) is 2.43. The van der Waals surface area contributed by atoms with Gasteiger partial charge >= 0.3 is 0 Å². The minimum Gasteiger partial charge on any atom is -0.396 e. The zero-order valence-electron chi connectivity index (χ0n) is 12.6. The number of likely N-dealkylation sites (tertiary alicyclic amines) is 1. The summed E-state index contributed by atoms with van der Waals surface area (Å²) in [6, 6.07) is 0.645. The molecule has 1 atom stereocenters.